The van der Waals surface area contributed by atoms with Crippen molar-refractivity contribution in [1.82, 2.24) is 10.2 Å². The van der Waals surface area contributed by atoms with Gasteiger partial charge < -0.3 is 19.7 Å². The number of carbonyl (C=O) groups is 1. The number of anilines is 1. The fourth-order valence-corrected chi connectivity index (χ4v) is 3.94. The number of methoxy groups -OCH3 is 1. The summed E-state index contributed by atoms with van der Waals surface area (Å²) in [5.74, 6) is 1.38. The molecule has 0 spiro atoms. The first kappa shape index (κ1) is 22.7. The van der Waals surface area contributed by atoms with Gasteiger partial charge in [-0.05, 0) is 35.4 Å². The third kappa shape index (κ3) is 6.49. The van der Waals surface area contributed by atoms with Crippen molar-refractivity contribution in [3.63, 3.8) is 0 Å². The van der Waals surface area contributed by atoms with Crippen molar-refractivity contribution in [2.45, 2.75) is 13.2 Å². The SMILES string of the molecule is COc1cc(CNC(=O)CN2CCN(c3ccccc3)CC2)ccc1OCc1ccccc1. The van der Waals surface area contributed by atoms with E-state index in [2.05, 4.69) is 39.4 Å². The lowest BCUT2D eigenvalue weighted by Gasteiger charge is -2.35. The lowest BCUT2D eigenvalue weighted by Crippen LogP contribution is -2.49. The minimum atomic E-state index is 0.0338. The van der Waals surface area contributed by atoms with E-state index in [4.69, 9.17) is 9.47 Å². The maximum absolute atomic E-state index is 12.5. The van der Waals surface area contributed by atoms with Gasteiger partial charge >= 0.3 is 0 Å². The van der Waals surface area contributed by atoms with Gasteiger partial charge in [0.15, 0.2) is 11.5 Å². The minimum absolute atomic E-state index is 0.0338. The van der Waals surface area contributed by atoms with E-state index >= 15 is 0 Å². The lowest BCUT2D eigenvalue weighted by molar-refractivity contribution is -0.122. The molecule has 6 heteroatoms. The summed E-state index contributed by atoms with van der Waals surface area (Å²) in [7, 11) is 1.63. The van der Waals surface area contributed by atoms with Crippen LogP contribution >= 0.6 is 0 Å². The van der Waals surface area contributed by atoms with Gasteiger partial charge in [0, 0.05) is 38.4 Å². The third-order valence-electron chi connectivity index (χ3n) is 5.82. The van der Waals surface area contributed by atoms with Crippen molar-refractivity contribution < 1.29 is 14.3 Å². The Kier molecular flexibility index (Phi) is 7.82. The number of amides is 1. The zero-order valence-electron chi connectivity index (χ0n) is 19.1. The number of benzene rings is 3. The Labute approximate surface area is 195 Å². The molecule has 0 unspecified atom stereocenters. The molecule has 0 atom stereocenters. The van der Waals surface area contributed by atoms with E-state index in [1.54, 1.807) is 7.11 Å². The van der Waals surface area contributed by atoms with Gasteiger partial charge in [0.25, 0.3) is 0 Å². The molecule has 0 aromatic heterocycles. The predicted octanol–water partition coefficient (Wildman–Crippen LogP) is 3.71. The smallest absolute Gasteiger partial charge is 0.234 e. The van der Waals surface area contributed by atoms with E-state index in [-0.39, 0.29) is 5.91 Å². The third-order valence-corrected chi connectivity index (χ3v) is 5.82. The Morgan fingerprint density at radius 2 is 1.55 bits per heavy atom. The molecular weight excluding hydrogens is 414 g/mol. The van der Waals surface area contributed by atoms with Crippen molar-refractivity contribution in [3.8, 4) is 11.5 Å². The van der Waals surface area contributed by atoms with E-state index in [9.17, 15) is 4.79 Å². The molecule has 1 aliphatic rings. The normalized spacial score (nSPS) is 14.0. The topological polar surface area (TPSA) is 54.0 Å². The summed E-state index contributed by atoms with van der Waals surface area (Å²) in [5.41, 5.74) is 3.31. The quantitative estimate of drug-likeness (QED) is 0.544. The molecular formula is C27H31N3O3. The molecule has 1 N–H and O–H groups in total. The number of nitrogens with one attached hydrogen (secondary N) is 1. The fourth-order valence-electron chi connectivity index (χ4n) is 3.94. The van der Waals surface area contributed by atoms with E-state index in [1.165, 1.54) is 5.69 Å². The Balaban J connectivity index is 1.23. The van der Waals surface area contributed by atoms with Gasteiger partial charge in [0.05, 0.1) is 13.7 Å². The van der Waals surface area contributed by atoms with Crippen LogP contribution in [-0.4, -0.2) is 50.6 Å². The molecule has 0 radical (unpaired) electrons. The second-order valence-corrected chi connectivity index (χ2v) is 8.13. The molecule has 4 rings (SSSR count). The number of hydrogen-bond acceptors (Lipinski definition) is 5. The second kappa shape index (κ2) is 11.4. The summed E-state index contributed by atoms with van der Waals surface area (Å²) in [6.07, 6.45) is 0. The number of piperazine rings is 1. The summed E-state index contributed by atoms with van der Waals surface area (Å²) in [6, 6.07) is 26.2. The van der Waals surface area contributed by atoms with Crippen molar-refractivity contribution in [2.24, 2.45) is 0 Å². The van der Waals surface area contributed by atoms with Crippen LogP contribution in [0.4, 0.5) is 5.69 Å². The maximum Gasteiger partial charge on any atom is 0.234 e. The van der Waals surface area contributed by atoms with Crippen molar-refractivity contribution in [2.75, 3.05) is 44.7 Å². The van der Waals surface area contributed by atoms with Crippen LogP contribution < -0.4 is 19.7 Å². The molecule has 172 valence electrons. The van der Waals surface area contributed by atoms with E-state index in [0.717, 1.165) is 37.3 Å². The molecule has 6 nitrogen and oxygen atoms in total. The summed E-state index contributed by atoms with van der Waals surface area (Å²) in [6.45, 7) is 4.96. The van der Waals surface area contributed by atoms with E-state index in [0.29, 0.717) is 31.2 Å². The van der Waals surface area contributed by atoms with Crippen LogP contribution in [-0.2, 0) is 17.9 Å². The second-order valence-electron chi connectivity index (χ2n) is 8.13. The Bertz CT molecular complexity index is 1020. The minimum Gasteiger partial charge on any atom is -0.493 e. The highest BCUT2D eigenvalue weighted by Crippen LogP contribution is 2.29. The van der Waals surface area contributed by atoms with Gasteiger partial charge in [-0.3, -0.25) is 9.69 Å². The first-order chi connectivity index (χ1) is 16.2. The molecule has 3 aromatic rings. The van der Waals surface area contributed by atoms with Crippen molar-refractivity contribution >= 4 is 11.6 Å². The standard InChI is InChI=1S/C27H31N3O3/c1-32-26-18-23(12-13-25(26)33-21-22-8-4-2-5-9-22)19-28-27(31)20-29-14-16-30(17-15-29)24-10-6-3-7-11-24/h2-13,18H,14-17,19-21H2,1H3,(H,28,31). The largest absolute Gasteiger partial charge is 0.493 e. The van der Waals surface area contributed by atoms with E-state index in [1.807, 2.05) is 54.6 Å². The van der Waals surface area contributed by atoms with Gasteiger partial charge in [-0.15, -0.1) is 0 Å². The molecule has 0 saturated carbocycles. The molecule has 1 amide bonds. The van der Waals surface area contributed by atoms with Crippen LogP contribution in [0.25, 0.3) is 0 Å². The summed E-state index contributed by atoms with van der Waals surface area (Å²) >= 11 is 0. The Hall–Kier alpha value is -3.51. The Morgan fingerprint density at radius 3 is 2.24 bits per heavy atom. The molecule has 0 aliphatic carbocycles. The molecule has 1 fully saturated rings. The molecule has 3 aromatic carbocycles. The van der Waals surface area contributed by atoms with Crippen LogP contribution in [0.15, 0.2) is 78.9 Å². The molecule has 1 aliphatic heterocycles. The van der Waals surface area contributed by atoms with Crippen molar-refractivity contribution in [1.29, 1.82) is 0 Å². The average Bonchev–Trinajstić information content (AvgIpc) is 2.88. The van der Waals surface area contributed by atoms with Gasteiger partial charge in [0.2, 0.25) is 5.91 Å². The van der Waals surface area contributed by atoms with Crippen LogP contribution in [0.2, 0.25) is 0 Å². The summed E-state index contributed by atoms with van der Waals surface area (Å²) in [5, 5.41) is 3.03. The lowest BCUT2D eigenvalue weighted by atomic mass is 10.2. The average molecular weight is 446 g/mol. The maximum atomic E-state index is 12.5. The van der Waals surface area contributed by atoms with Gasteiger partial charge in [-0.2, -0.15) is 0 Å². The zero-order valence-corrected chi connectivity index (χ0v) is 19.1. The van der Waals surface area contributed by atoms with Crippen molar-refractivity contribution in [3.05, 3.63) is 90.0 Å². The molecule has 1 saturated heterocycles. The van der Waals surface area contributed by atoms with E-state index < -0.39 is 0 Å². The highest BCUT2D eigenvalue weighted by molar-refractivity contribution is 5.78. The summed E-state index contributed by atoms with van der Waals surface area (Å²) < 4.78 is 11.4. The number of nitrogens with zero attached hydrogens (tertiary/aromatic N) is 2. The Morgan fingerprint density at radius 1 is 0.848 bits per heavy atom. The first-order valence-corrected chi connectivity index (χ1v) is 11.3. The summed E-state index contributed by atoms with van der Waals surface area (Å²) in [4.78, 5) is 17.1. The van der Waals surface area contributed by atoms with Crippen LogP contribution in [0, 0.1) is 0 Å². The molecule has 33 heavy (non-hydrogen) atoms. The van der Waals surface area contributed by atoms with Crippen LogP contribution in [0.5, 0.6) is 11.5 Å². The number of carbonyl (C=O) groups excluding carboxylic acids is 1. The monoisotopic (exact) mass is 445 g/mol. The number of rotatable bonds is 9. The highest BCUT2D eigenvalue weighted by atomic mass is 16.5. The number of ether oxygens (including phenoxy) is 2. The number of para-hydroxylation sites is 1. The van der Waals surface area contributed by atoms with Crippen LogP contribution in [0.3, 0.4) is 0 Å². The first-order valence-electron chi connectivity index (χ1n) is 11.3. The highest BCUT2D eigenvalue weighted by Gasteiger charge is 2.19. The fraction of sp³-hybridized carbons (Fsp3) is 0.296. The number of hydrogen-bond donors (Lipinski definition) is 1. The van der Waals surface area contributed by atoms with Crippen LogP contribution in [0.1, 0.15) is 11.1 Å². The van der Waals surface area contributed by atoms with Gasteiger partial charge in [-0.1, -0.05) is 54.6 Å². The van der Waals surface area contributed by atoms with Gasteiger partial charge in [0.1, 0.15) is 6.61 Å². The molecule has 0 bridgehead atoms. The molecule has 1 heterocycles. The zero-order chi connectivity index (χ0) is 22.9. The van der Waals surface area contributed by atoms with Gasteiger partial charge in [-0.25, -0.2) is 0 Å². The predicted molar refractivity (Wildman–Crippen MR) is 131 cm³/mol.